The van der Waals surface area contributed by atoms with Crippen molar-refractivity contribution in [3.63, 3.8) is 0 Å². The molecule has 1 nitrogen and oxygen atoms in total. The number of hydrogen-bond donors (Lipinski definition) is 1. The highest BCUT2D eigenvalue weighted by Gasteiger charge is 2.17. The van der Waals surface area contributed by atoms with Crippen molar-refractivity contribution >= 4 is 27.7 Å². The van der Waals surface area contributed by atoms with Gasteiger partial charge in [0, 0.05) is 14.9 Å². The molecule has 2 aromatic rings. The summed E-state index contributed by atoms with van der Waals surface area (Å²) in [4.78, 5) is 1.21. The maximum atomic E-state index is 14.1. The summed E-state index contributed by atoms with van der Waals surface area (Å²) >= 11 is 5.12. The Balaban J connectivity index is 2.41. The van der Waals surface area contributed by atoms with Gasteiger partial charge in [0.05, 0.1) is 6.04 Å². The van der Waals surface area contributed by atoms with Crippen molar-refractivity contribution in [2.24, 2.45) is 0 Å². The van der Waals surface area contributed by atoms with Gasteiger partial charge in [-0.3, -0.25) is 0 Å². The Morgan fingerprint density at radius 1 is 1.20 bits per heavy atom. The number of thioether (sulfide) groups is 1. The van der Waals surface area contributed by atoms with Crippen LogP contribution in [0, 0.1) is 5.82 Å². The molecule has 0 saturated carbocycles. The van der Waals surface area contributed by atoms with E-state index in [-0.39, 0.29) is 11.9 Å². The van der Waals surface area contributed by atoms with Gasteiger partial charge in [-0.25, -0.2) is 4.39 Å². The van der Waals surface area contributed by atoms with Crippen LogP contribution in [0.5, 0.6) is 0 Å². The Morgan fingerprint density at radius 2 is 1.90 bits per heavy atom. The van der Waals surface area contributed by atoms with E-state index in [0.717, 1.165) is 16.6 Å². The van der Waals surface area contributed by atoms with Gasteiger partial charge in [0.1, 0.15) is 5.82 Å². The van der Waals surface area contributed by atoms with Crippen LogP contribution in [0.2, 0.25) is 0 Å². The summed E-state index contributed by atoms with van der Waals surface area (Å²) in [6, 6.07) is 13.2. The van der Waals surface area contributed by atoms with Crippen LogP contribution >= 0.6 is 27.7 Å². The first kappa shape index (κ1) is 15.5. The summed E-state index contributed by atoms with van der Waals surface area (Å²) in [7, 11) is 0. The standard InChI is InChI=1S/C16H17BrFNS/c1-3-19-16(11-4-7-13(20-2)8-5-11)14-10-12(17)6-9-15(14)18/h4-10,16,19H,3H2,1-2H3. The third-order valence-electron chi connectivity index (χ3n) is 3.13. The molecule has 0 heterocycles. The summed E-state index contributed by atoms with van der Waals surface area (Å²) < 4.78 is 15.0. The summed E-state index contributed by atoms with van der Waals surface area (Å²) in [6.45, 7) is 2.81. The quantitative estimate of drug-likeness (QED) is 0.758. The second-order valence-corrected chi connectivity index (χ2v) is 6.23. The number of rotatable bonds is 5. The lowest BCUT2D eigenvalue weighted by Crippen LogP contribution is -2.23. The smallest absolute Gasteiger partial charge is 0.128 e. The lowest BCUT2D eigenvalue weighted by molar-refractivity contribution is 0.558. The molecule has 0 aliphatic carbocycles. The van der Waals surface area contributed by atoms with Crippen molar-refractivity contribution in [3.05, 3.63) is 63.9 Å². The van der Waals surface area contributed by atoms with Crippen LogP contribution in [-0.2, 0) is 0 Å². The summed E-state index contributed by atoms with van der Waals surface area (Å²) in [5.41, 5.74) is 1.74. The monoisotopic (exact) mass is 353 g/mol. The van der Waals surface area contributed by atoms with Crippen LogP contribution in [0.4, 0.5) is 4.39 Å². The predicted molar refractivity (Wildman–Crippen MR) is 87.8 cm³/mol. The molecule has 0 bridgehead atoms. The molecule has 0 fully saturated rings. The van der Waals surface area contributed by atoms with E-state index < -0.39 is 0 Å². The van der Waals surface area contributed by atoms with Gasteiger partial charge in [0.25, 0.3) is 0 Å². The Kier molecular flexibility index (Phi) is 5.64. The minimum absolute atomic E-state index is 0.131. The fourth-order valence-corrected chi connectivity index (χ4v) is 2.93. The van der Waals surface area contributed by atoms with Crippen molar-refractivity contribution in [1.29, 1.82) is 0 Å². The largest absolute Gasteiger partial charge is 0.306 e. The predicted octanol–water partition coefficient (Wildman–Crippen LogP) is 5.01. The minimum Gasteiger partial charge on any atom is -0.306 e. The molecule has 0 amide bonds. The molecule has 2 aromatic carbocycles. The third-order valence-corrected chi connectivity index (χ3v) is 4.36. The second-order valence-electron chi connectivity index (χ2n) is 4.43. The fourth-order valence-electron chi connectivity index (χ4n) is 2.14. The van der Waals surface area contributed by atoms with Gasteiger partial charge in [0.15, 0.2) is 0 Å². The van der Waals surface area contributed by atoms with Crippen LogP contribution in [0.25, 0.3) is 0 Å². The molecule has 2 rings (SSSR count). The van der Waals surface area contributed by atoms with Gasteiger partial charge in [0.2, 0.25) is 0 Å². The Hall–Kier alpha value is -0.840. The molecular formula is C16H17BrFNS. The summed E-state index contributed by atoms with van der Waals surface area (Å²) in [6.07, 6.45) is 2.05. The van der Waals surface area contributed by atoms with Crippen molar-refractivity contribution in [2.75, 3.05) is 12.8 Å². The van der Waals surface area contributed by atoms with Gasteiger partial charge in [-0.05, 0) is 48.7 Å². The highest BCUT2D eigenvalue weighted by Crippen LogP contribution is 2.28. The van der Waals surface area contributed by atoms with Crippen molar-refractivity contribution < 1.29 is 4.39 Å². The highest BCUT2D eigenvalue weighted by atomic mass is 79.9. The Bertz CT molecular complexity index is 571. The highest BCUT2D eigenvalue weighted by molar-refractivity contribution is 9.10. The SMILES string of the molecule is CCNC(c1ccc(SC)cc1)c1cc(Br)ccc1F. The zero-order chi connectivity index (χ0) is 14.5. The average Bonchev–Trinajstić information content (AvgIpc) is 2.48. The van der Waals surface area contributed by atoms with E-state index >= 15 is 0 Å². The molecule has 0 aliphatic heterocycles. The maximum absolute atomic E-state index is 14.1. The van der Waals surface area contributed by atoms with Crippen LogP contribution in [0.1, 0.15) is 24.1 Å². The molecular weight excluding hydrogens is 337 g/mol. The lowest BCUT2D eigenvalue weighted by Gasteiger charge is -2.20. The van der Waals surface area contributed by atoms with Crippen molar-refractivity contribution in [1.82, 2.24) is 5.32 Å². The molecule has 106 valence electrons. The van der Waals surface area contributed by atoms with E-state index in [2.05, 4.69) is 45.5 Å². The van der Waals surface area contributed by atoms with Crippen LogP contribution < -0.4 is 5.32 Å². The first-order valence-corrected chi connectivity index (χ1v) is 8.49. The molecule has 20 heavy (non-hydrogen) atoms. The van der Waals surface area contributed by atoms with E-state index in [1.165, 1.54) is 11.0 Å². The minimum atomic E-state index is -0.187. The molecule has 1 N–H and O–H groups in total. The third kappa shape index (κ3) is 3.62. The van der Waals surface area contributed by atoms with Crippen molar-refractivity contribution in [2.45, 2.75) is 17.9 Å². The van der Waals surface area contributed by atoms with E-state index in [1.807, 2.05) is 19.2 Å². The van der Waals surface area contributed by atoms with Gasteiger partial charge >= 0.3 is 0 Å². The van der Waals surface area contributed by atoms with E-state index in [0.29, 0.717) is 5.56 Å². The van der Waals surface area contributed by atoms with E-state index in [4.69, 9.17) is 0 Å². The molecule has 4 heteroatoms. The Morgan fingerprint density at radius 3 is 2.50 bits per heavy atom. The maximum Gasteiger partial charge on any atom is 0.128 e. The van der Waals surface area contributed by atoms with Crippen LogP contribution in [0.15, 0.2) is 51.8 Å². The van der Waals surface area contributed by atoms with Crippen LogP contribution in [0.3, 0.4) is 0 Å². The lowest BCUT2D eigenvalue weighted by atomic mass is 9.98. The summed E-state index contributed by atoms with van der Waals surface area (Å²) in [5, 5.41) is 3.35. The fraction of sp³-hybridized carbons (Fsp3) is 0.250. The second kappa shape index (κ2) is 7.25. The topological polar surface area (TPSA) is 12.0 Å². The normalized spacial score (nSPS) is 12.4. The first-order chi connectivity index (χ1) is 9.65. The van der Waals surface area contributed by atoms with Gasteiger partial charge < -0.3 is 5.32 Å². The zero-order valence-electron chi connectivity index (χ0n) is 11.5. The molecule has 0 saturated heterocycles. The van der Waals surface area contributed by atoms with E-state index in [1.54, 1.807) is 17.8 Å². The first-order valence-electron chi connectivity index (χ1n) is 6.48. The van der Waals surface area contributed by atoms with Gasteiger partial charge in [-0.2, -0.15) is 0 Å². The molecule has 0 aromatic heterocycles. The number of halogens is 2. The Labute approximate surface area is 132 Å². The molecule has 0 radical (unpaired) electrons. The van der Waals surface area contributed by atoms with E-state index in [9.17, 15) is 4.39 Å². The zero-order valence-corrected chi connectivity index (χ0v) is 13.9. The van der Waals surface area contributed by atoms with Gasteiger partial charge in [-0.15, -0.1) is 11.8 Å². The molecule has 0 aliphatic rings. The molecule has 1 atom stereocenters. The number of benzene rings is 2. The average molecular weight is 354 g/mol. The molecule has 0 spiro atoms. The molecule has 1 unspecified atom stereocenters. The number of nitrogens with one attached hydrogen (secondary N) is 1. The number of hydrogen-bond acceptors (Lipinski definition) is 2. The van der Waals surface area contributed by atoms with Crippen molar-refractivity contribution in [3.8, 4) is 0 Å². The van der Waals surface area contributed by atoms with Gasteiger partial charge in [-0.1, -0.05) is 35.0 Å². The van der Waals surface area contributed by atoms with Crippen LogP contribution in [-0.4, -0.2) is 12.8 Å². The summed E-state index contributed by atoms with van der Waals surface area (Å²) in [5.74, 6) is -0.187.